The van der Waals surface area contributed by atoms with Crippen LogP contribution in [0.2, 0.25) is 0 Å². The molecule has 4 aliphatic carbocycles. The molecule has 6 rings (SSSR count). The zero-order valence-corrected chi connectivity index (χ0v) is 27.5. The Bertz CT molecular complexity index is 1260. The Morgan fingerprint density at radius 2 is 1.73 bits per heavy atom. The fourth-order valence-corrected chi connectivity index (χ4v) is 10.2. The third-order valence-corrected chi connectivity index (χ3v) is 12.6. The molecule has 0 spiro atoms. The van der Waals surface area contributed by atoms with Gasteiger partial charge >= 0.3 is 0 Å². The van der Waals surface area contributed by atoms with Crippen LogP contribution in [0.15, 0.2) is 48.5 Å². The molecular formula is C40H56FNO3. The molecule has 0 aromatic heterocycles. The Morgan fingerprint density at radius 3 is 2.53 bits per heavy atom. The van der Waals surface area contributed by atoms with Crippen LogP contribution in [0.4, 0.5) is 4.39 Å². The van der Waals surface area contributed by atoms with Gasteiger partial charge in [0.05, 0.1) is 6.10 Å². The lowest BCUT2D eigenvalue weighted by Gasteiger charge is -2.54. The van der Waals surface area contributed by atoms with Crippen LogP contribution in [0.1, 0.15) is 119 Å². The van der Waals surface area contributed by atoms with Gasteiger partial charge in [-0.25, -0.2) is 4.39 Å². The van der Waals surface area contributed by atoms with Crippen molar-refractivity contribution in [3.05, 3.63) is 65.2 Å². The Balaban J connectivity index is 1.10. The molecule has 1 amide bonds. The number of amides is 1. The third-order valence-electron chi connectivity index (χ3n) is 12.6. The number of phenols is 1. The topological polar surface area (TPSA) is 60.8 Å². The van der Waals surface area contributed by atoms with Crippen LogP contribution in [-0.2, 0) is 17.6 Å². The average Bonchev–Trinajstić information content (AvgIpc) is 3.34. The Hall–Kier alpha value is -2.40. The van der Waals surface area contributed by atoms with Gasteiger partial charge in [-0.2, -0.15) is 0 Å². The summed E-state index contributed by atoms with van der Waals surface area (Å²) < 4.78 is 16.1. The highest BCUT2D eigenvalue weighted by Crippen LogP contribution is 2.63. The first-order valence-electron chi connectivity index (χ1n) is 18.3. The molecular weight excluding hydrogens is 561 g/mol. The number of aromatic hydroxyl groups is 1. The first-order chi connectivity index (χ1) is 21.8. The van der Waals surface area contributed by atoms with Crippen molar-refractivity contribution in [2.45, 2.75) is 128 Å². The van der Waals surface area contributed by atoms with E-state index in [-0.39, 0.29) is 23.0 Å². The van der Waals surface area contributed by atoms with E-state index in [1.54, 1.807) is 6.07 Å². The number of alkyl halides is 1. The van der Waals surface area contributed by atoms with Crippen molar-refractivity contribution in [3.63, 3.8) is 0 Å². The van der Waals surface area contributed by atoms with E-state index < -0.39 is 12.3 Å². The summed E-state index contributed by atoms with van der Waals surface area (Å²) in [6.07, 6.45) is 14.8. The average molecular weight is 618 g/mol. The molecule has 7 atom stereocenters. The molecule has 0 heterocycles. The summed E-state index contributed by atoms with van der Waals surface area (Å²) in [4.78, 5) is 15.7. The SMILES string of the molecule is C[C@]12CC(F)C3c4ccc(O)cc4CC(CCCCN(CCCc4ccccc4)C(=O)CCC4CCCCC4)C3C1CCC2O. The lowest BCUT2D eigenvalue weighted by molar-refractivity contribution is -0.131. The minimum Gasteiger partial charge on any atom is -0.508 e. The fraction of sp³-hybridized carbons (Fsp3) is 0.675. The zero-order chi connectivity index (χ0) is 31.4. The number of aliphatic hydroxyl groups excluding tert-OH is 1. The maximum Gasteiger partial charge on any atom is 0.222 e. The van der Waals surface area contributed by atoms with E-state index in [2.05, 4.69) is 42.2 Å². The van der Waals surface area contributed by atoms with Crippen molar-refractivity contribution in [2.24, 2.45) is 29.1 Å². The number of halogens is 1. The molecule has 0 bridgehead atoms. The van der Waals surface area contributed by atoms with Gasteiger partial charge in [0, 0.05) is 25.4 Å². The predicted molar refractivity (Wildman–Crippen MR) is 179 cm³/mol. The molecule has 4 aliphatic rings. The molecule has 3 fully saturated rings. The first-order valence-corrected chi connectivity index (χ1v) is 18.3. The molecule has 0 radical (unpaired) electrons. The molecule has 6 unspecified atom stereocenters. The highest BCUT2D eigenvalue weighted by Gasteiger charge is 2.59. The van der Waals surface area contributed by atoms with Crippen molar-refractivity contribution in [2.75, 3.05) is 13.1 Å². The molecule has 2 aromatic carbocycles. The lowest BCUT2D eigenvalue weighted by atomic mass is 9.51. The maximum atomic E-state index is 16.1. The molecule has 45 heavy (non-hydrogen) atoms. The van der Waals surface area contributed by atoms with Gasteiger partial charge in [-0.1, -0.05) is 81.8 Å². The van der Waals surface area contributed by atoms with Crippen LogP contribution in [0.3, 0.4) is 0 Å². The number of benzene rings is 2. The summed E-state index contributed by atoms with van der Waals surface area (Å²) in [5.74, 6) is 2.00. The number of carbonyl (C=O) groups excluding carboxylic acids is 1. The number of phenolic OH excluding ortho intramolecular Hbond substituents is 1. The highest BCUT2D eigenvalue weighted by molar-refractivity contribution is 5.76. The number of unbranched alkanes of at least 4 members (excludes halogenated alkanes) is 1. The Kier molecular flexibility index (Phi) is 10.5. The van der Waals surface area contributed by atoms with Gasteiger partial charge in [-0.05, 0) is 116 Å². The molecule has 0 saturated heterocycles. The molecule has 2 N–H and O–H groups in total. The summed E-state index contributed by atoms with van der Waals surface area (Å²) in [5.41, 5.74) is 3.16. The van der Waals surface area contributed by atoms with E-state index in [4.69, 9.17) is 0 Å². The monoisotopic (exact) mass is 617 g/mol. The summed E-state index contributed by atoms with van der Waals surface area (Å²) >= 11 is 0. The standard InChI is InChI=1S/C40H56FNO3/c1-40-27-35(41)39-33-19-18-32(43)26-31(33)25-30(38(39)34(40)20-21-36(40)44)16-8-9-23-42(24-10-15-28-11-4-2-5-12-28)37(45)22-17-29-13-6-3-7-14-29/h2,4-5,11-12,18-19,26,29-30,34-36,38-39,43-44H,3,6-10,13-17,20-25,27H2,1H3/t30?,34?,35?,36?,38?,39?,40-/m0/s1. The number of aliphatic hydroxyl groups is 1. The fourth-order valence-electron chi connectivity index (χ4n) is 10.2. The molecule has 3 saturated carbocycles. The van der Waals surface area contributed by atoms with Crippen LogP contribution in [-0.4, -0.2) is 46.4 Å². The van der Waals surface area contributed by atoms with Gasteiger partial charge in [-0.3, -0.25) is 4.79 Å². The van der Waals surface area contributed by atoms with Crippen molar-refractivity contribution < 1.29 is 19.4 Å². The first kappa shape index (κ1) is 32.5. The van der Waals surface area contributed by atoms with E-state index in [1.165, 1.54) is 37.7 Å². The smallest absolute Gasteiger partial charge is 0.222 e. The molecule has 246 valence electrons. The quantitative estimate of drug-likeness (QED) is 0.234. The Labute approximate surface area is 270 Å². The largest absolute Gasteiger partial charge is 0.508 e. The number of hydrogen-bond donors (Lipinski definition) is 2. The summed E-state index contributed by atoms with van der Waals surface area (Å²) in [6.45, 7) is 3.73. The Morgan fingerprint density at radius 1 is 0.956 bits per heavy atom. The normalized spacial score (nSPS) is 31.2. The number of aryl methyl sites for hydroxylation is 1. The van der Waals surface area contributed by atoms with Crippen molar-refractivity contribution in [1.82, 2.24) is 4.90 Å². The summed E-state index contributed by atoms with van der Waals surface area (Å²) in [6, 6.07) is 16.1. The maximum absolute atomic E-state index is 16.1. The van der Waals surface area contributed by atoms with Crippen LogP contribution < -0.4 is 0 Å². The summed E-state index contributed by atoms with van der Waals surface area (Å²) in [5, 5.41) is 21.3. The van der Waals surface area contributed by atoms with E-state index in [9.17, 15) is 15.0 Å². The number of nitrogens with zero attached hydrogens (tertiary/aromatic N) is 1. The van der Waals surface area contributed by atoms with Gasteiger partial charge in [0.2, 0.25) is 5.91 Å². The van der Waals surface area contributed by atoms with Crippen molar-refractivity contribution in [1.29, 1.82) is 0 Å². The van der Waals surface area contributed by atoms with Gasteiger partial charge < -0.3 is 15.1 Å². The number of fused-ring (bicyclic) bond motifs is 5. The lowest BCUT2D eigenvalue weighted by Crippen LogP contribution is -2.51. The predicted octanol–water partition coefficient (Wildman–Crippen LogP) is 8.78. The molecule has 4 nitrogen and oxygen atoms in total. The summed E-state index contributed by atoms with van der Waals surface area (Å²) in [7, 11) is 0. The second-order valence-electron chi connectivity index (χ2n) is 15.4. The van der Waals surface area contributed by atoms with Gasteiger partial charge in [0.25, 0.3) is 0 Å². The van der Waals surface area contributed by atoms with E-state index in [0.717, 1.165) is 82.0 Å². The highest BCUT2D eigenvalue weighted by atomic mass is 19.1. The van der Waals surface area contributed by atoms with Crippen molar-refractivity contribution >= 4 is 5.91 Å². The number of carbonyl (C=O) groups is 1. The van der Waals surface area contributed by atoms with Crippen LogP contribution >= 0.6 is 0 Å². The minimum atomic E-state index is -0.975. The van der Waals surface area contributed by atoms with Gasteiger partial charge in [0.15, 0.2) is 0 Å². The van der Waals surface area contributed by atoms with Crippen LogP contribution in [0.5, 0.6) is 5.75 Å². The van der Waals surface area contributed by atoms with Crippen molar-refractivity contribution in [3.8, 4) is 5.75 Å². The van der Waals surface area contributed by atoms with E-state index in [0.29, 0.717) is 36.5 Å². The molecule has 2 aromatic rings. The van der Waals surface area contributed by atoms with E-state index in [1.807, 2.05) is 12.1 Å². The zero-order valence-electron chi connectivity index (χ0n) is 27.5. The number of rotatable bonds is 12. The van der Waals surface area contributed by atoms with Gasteiger partial charge in [-0.15, -0.1) is 0 Å². The third kappa shape index (κ3) is 7.29. The second-order valence-corrected chi connectivity index (χ2v) is 15.4. The molecule has 0 aliphatic heterocycles. The van der Waals surface area contributed by atoms with Crippen LogP contribution in [0, 0.1) is 29.1 Å². The van der Waals surface area contributed by atoms with E-state index >= 15 is 4.39 Å². The molecule has 5 heteroatoms. The second kappa shape index (κ2) is 14.6. The number of hydrogen-bond acceptors (Lipinski definition) is 3. The van der Waals surface area contributed by atoms with Crippen LogP contribution in [0.25, 0.3) is 0 Å². The minimum absolute atomic E-state index is 0.154. The van der Waals surface area contributed by atoms with Gasteiger partial charge in [0.1, 0.15) is 11.9 Å².